The van der Waals surface area contributed by atoms with Gasteiger partial charge < -0.3 is 9.64 Å². The average Bonchev–Trinajstić information content (AvgIpc) is 2.84. The van der Waals surface area contributed by atoms with Gasteiger partial charge in [0.1, 0.15) is 5.75 Å². The molecular formula is C18H28N2O4S. The predicted octanol–water partition coefficient (Wildman–Crippen LogP) is 2.20. The Morgan fingerprint density at radius 1 is 1.08 bits per heavy atom. The zero-order chi connectivity index (χ0) is 18.6. The molecule has 7 heteroatoms. The standard InChI is InChI=1S/C18H28N2O4S/c1-5-24-17-13-14(3)16(12-15(17)4)18(21)19-8-7-9-20(11-10-19)25(22,23)6-2/h12-13H,5-11H2,1-4H3. The summed E-state index contributed by atoms with van der Waals surface area (Å²) in [4.78, 5) is 14.7. The van der Waals surface area contributed by atoms with Crippen LogP contribution in [0.1, 0.15) is 41.8 Å². The van der Waals surface area contributed by atoms with Gasteiger partial charge in [0.15, 0.2) is 0 Å². The van der Waals surface area contributed by atoms with E-state index < -0.39 is 10.0 Å². The van der Waals surface area contributed by atoms with Gasteiger partial charge in [0.05, 0.1) is 12.4 Å². The van der Waals surface area contributed by atoms with Gasteiger partial charge in [-0.05, 0) is 57.4 Å². The Bertz CT molecular complexity index is 731. The van der Waals surface area contributed by atoms with Crippen molar-refractivity contribution in [3.8, 4) is 5.75 Å². The van der Waals surface area contributed by atoms with Crippen LogP contribution in [0.4, 0.5) is 0 Å². The molecule has 1 heterocycles. The van der Waals surface area contributed by atoms with Crippen LogP contribution in [0.5, 0.6) is 5.75 Å². The van der Waals surface area contributed by atoms with Crippen LogP contribution in [0.25, 0.3) is 0 Å². The van der Waals surface area contributed by atoms with Crippen molar-refractivity contribution in [2.75, 3.05) is 38.5 Å². The Morgan fingerprint density at radius 3 is 2.44 bits per heavy atom. The van der Waals surface area contributed by atoms with Gasteiger partial charge in [-0.25, -0.2) is 12.7 Å². The molecule has 1 aromatic carbocycles. The minimum atomic E-state index is -3.21. The molecule has 1 amide bonds. The van der Waals surface area contributed by atoms with E-state index in [4.69, 9.17) is 4.74 Å². The van der Waals surface area contributed by atoms with Crippen LogP contribution < -0.4 is 4.74 Å². The van der Waals surface area contributed by atoms with E-state index in [9.17, 15) is 13.2 Å². The van der Waals surface area contributed by atoms with E-state index in [1.54, 1.807) is 11.8 Å². The quantitative estimate of drug-likeness (QED) is 0.799. The van der Waals surface area contributed by atoms with Crippen molar-refractivity contribution in [3.63, 3.8) is 0 Å². The summed E-state index contributed by atoms with van der Waals surface area (Å²) >= 11 is 0. The Morgan fingerprint density at radius 2 is 1.80 bits per heavy atom. The number of sulfonamides is 1. The Labute approximate surface area is 150 Å². The van der Waals surface area contributed by atoms with Crippen LogP contribution in [0, 0.1) is 13.8 Å². The number of amides is 1. The first-order chi connectivity index (χ1) is 11.8. The Balaban J connectivity index is 2.17. The summed E-state index contributed by atoms with van der Waals surface area (Å²) in [6.07, 6.45) is 0.653. The molecule has 0 bridgehead atoms. The van der Waals surface area contributed by atoms with E-state index in [-0.39, 0.29) is 11.7 Å². The summed E-state index contributed by atoms with van der Waals surface area (Å²) in [7, 11) is -3.21. The van der Waals surface area contributed by atoms with Crippen molar-refractivity contribution < 1.29 is 17.9 Å². The van der Waals surface area contributed by atoms with Gasteiger partial charge in [0, 0.05) is 31.7 Å². The van der Waals surface area contributed by atoms with Crippen LogP contribution in [-0.2, 0) is 10.0 Å². The topological polar surface area (TPSA) is 66.9 Å². The van der Waals surface area contributed by atoms with Gasteiger partial charge in [-0.15, -0.1) is 0 Å². The van der Waals surface area contributed by atoms with Crippen LogP contribution in [0.2, 0.25) is 0 Å². The first kappa shape index (κ1) is 19.7. The molecule has 1 aromatic rings. The zero-order valence-corrected chi connectivity index (χ0v) is 16.4. The smallest absolute Gasteiger partial charge is 0.254 e. The van der Waals surface area contributed by atoms with Gasteiger partial charge in [-0.1, -0.05) is 0 Å². The Kier molecular flexibility index (Phi) is 6.46. The molecule has 0 atom stereocenters. The van der Waals surface area contributed by atoms with E-state index in [2.05, 4.69) is 0 Å². The summed E-state index contributed by atoms with van der Waals surface area (Å²) in [6.45, 7) is 9.82. The number of nitrogens with zero attached hydrogens (tertiary/aromatic N) is 2. The molecule has 1 aliphatic heterocycles. The molecule has 2 rings (SSSR count). The SMILES string of the molecule is CCOc1cc(C)c(C(=O)N2CCCN(S(=O)(=O)CC)CC2)cc1C. The highest BCUT2D eigenvalue weighted by atomic mass is 32.2. The third-order valence-electron chi connectivity index (χ3n) is 4.55. The van der Waals surface area contributed by atoms with Crippen molar-refractivity contribution >= 4 is 15.9 Å². The second-order valence-corrected chi connectivity index (χ2v) is 8.57. The summed E-state index contributed by atoms with van der Waals surface area (Å²) in [5, 5.41) is 0. The zero-order valence-electron chi connectivity index (χ0n) is 15.5. The lowest BCUT2D eigenvalue weighted by Gasteiger charge is -2.23. The highest BCUT2D eigenvalue weighted by Gasteiger charge is 2.26. The third-order valence-corrected chi connectivity index (χ3v) is 6.43. The second-order valence-electron chi connectivity index (χ2n) is 6.31. The highest BCUT2D eigenvalue weighted by Crippen LogP contribution is 2.24. The second kappa shape index (κ2) is 8.19. The number of rotatable bonds is 5. The van der Waals surface area contributed by atoms with Crippen LogP contribution in [-0.4, -0.2) is 62.1 Å². The maximum atomic E-state index is 12.9. The van der Waals surface area contributed by atoms with Crippen LogP contribution >= 0.6 is 0 Å². The van der Waals surface area contributed by atoms with Gasteiger partial charge in [0.2, 0.25) is 10.0 Å². The van der Waals surface area contributed by atoms with Crippen LogP contribution in [0.15, 0.2) is 12.1 Å². The molecule has 0 saturated carbocycles. The molecular weight excluding hydrogens is 340 g/mol. The minimum Gasteiger partial charge on any atom is -0.494 e. The number of aryl methyl sites for hydroxylation is 2. The molecule has 0 radical (unpaired) electrons. The first-order valence-electron chi connectivity index (χ1n) is 8.81. The van der Waals surface area contributed by atoms with Crippen molar-refractivity contribution in [3.05, 3.63) is 28.8 Å². The lowest BCUT2D eigenvalue weighted by atomic mass is 10.0. The molecule has 1 aliphatic rings. The summed E-state index contributed by atoms with van der Waals surface area (Å²) in [5.41, 5.74) is 2.47. The molecule has 0 spiro atoms. The monoisotopic (exact) mass is 368 g/mol. The van der Waals surface area contributed by atoms with E-state index >= 15 is 0 Å². The predicted molar refractivity (Wildman–Crippen MR) is 98.6 cm³/mol. The molecule has 1 fully saturated rings. The molecule has 25 heavy (non-hydrogen) atoms. The van der Waals surface area contributed by atoms with E-state index in [1.807, 2.05) is 32.9 Å². The van der Waals surface area contributed by atoms with E-state index in [1.165, 1.54) is 4.31 Å². The van der Waals surface area contributed by atoms with Crippen molar-refractivity contribution in [1.82, 2.24) is 9.21 Å². The fourth-order valence-corrected chi connectivity index (χ4v) is 4.19. The van der Waals surface area contributed by atoms with E-state index in [0.29, 0.717) is 44.8 Å². The van der Waals surface area contributed by atoms with Crippen LogP contribution in [0.3, 0.4) is 0 Å². The van der Waals surface area contributed by atoms with Gasteiger partial charge in [0.25, 0.3) is 5.91 Å². The average molecular weight is 368 g/mol. The molecule has 0 N–H and O–H groups in total. The largest absolute Gasteiger partial charge is 0.494 e. The Hall–Kier alpha value is -1.60. The molecule has 0 aliphatic carbocycles. The number of carbonyl (C=O) groups excluding carboxylic acids is 1. The van der Waals surface area contributed by atoms with Crippen molar-refractivity contribution in [1.29, 1.82) is 0 Å². The van der Waals surface area contributed by atoms with E-state index in [0.717, 1.165) is 16.9 Å². The lowest BCUT2D eigenvalue weighted by molar-refractivity contribution is 0.0763. The number of ether oxygens (including phenoxy) is 1. The maximum Gasteiger partial charge on any atom is 0.254 e. The van der Waals surface area contributed by atoms with Gasteiger partial charge in [-0.2, -0.15) is 0 Å². The lowest BCUT2D eigenvalue weighted by Crippen LogP contribution is -2.38. The number of hydrogen-bond donors (Lipinski definition) is 0. The normalized spacial score (nSPS) is 16.6. The third kappa shape index (κ3) is 4.52. The van der Waals surface area contributed by atoms with Crippen molar-refractivity contribution in [2.24, 2.45) is 0 Å². The molecule has 1 saturated heterocycles. The fraction of sp³-hybridized carbons (Fsp3) is 0.611. The maximum absolute atomic E-state index is 12.9. The molecule has 6 nitrogen and oxygen atoms in total. The number of hydrogen-bond acceptors (Lipinski definition) is 4. The number of carbonyl (C=O) groups is 1. The summed E-state index contributed by atoms with van der Waals surface area (Å²) in [5.74, 6) is 0.852. The number of benzene rings is 1. The van der Waals surface area contributed by atoms with Gasteiger partial charge >= 0.3 is 0 Å². The summed E-state index contributed by atoms with van der Waals surface area (Å²) < 4.78 is 31.2. The fourth-order valence-electron chi connectivity index (χ4n) is 3.06. The molecule has 0 aromatic heterocycles. The summed E-state index contributed by atoms with van der Waals surface area (Å²) in [6, 6.07) is 3.77. The van der Waals surface area contributed by atoms with Crippen molar-refractivity contribution in [2.45, 2.75) is 34.1 Å². The first-order valence-corrected chi connectivity index (χ1v) is 10.4. The van der Waals surface area contributed by atoms with Gasteiger partial charge in [-0.3, -0.25) is 4.79 Å². The molecule has 140 valence electrons. The minimum absolute atomic E-state index is 0.0422. The molecule has 0 unspecified atom stereocenters. The highest BCUT2D eigenvalue weighted by molar-refractivity contribution is 7.89.